The molecule has 4 nitrogen and oxygen atoms in total. The lowest BCUT2D eigenvalue weighted by molar-refractivity contribution is -0.115. The van der Waals surface area contributed by atoms with Crippen molar-refractivity contribution in [2.45, 2.75) is 107 Å². The number of carbonyl (C=O) groups excluding carboxylic acids is 1. The van der Waals surface area contributed by atoms with Crippen molar-refractivity contribution >= 4 is 46.9 Å². The van der Waals surface area contributed by atoms with Gasteiger partial charge < -0.3 is 5.32 Å². The Balaban J connectivity index is 2.75. The van der Waals surface area contributed by atoms with Gasteiger partial charge in [0.05, 0.1) is 5.25 Å². The van der Waals surface area contributed by atoms with Crippen LogP contribution in [0.5, 0.6) is 0 Å². The molecule has 7 heteroatoms. The number of aromatic nitrogens is 2. The van der Waals surface area contributed by atoms with Crippen molar-refractivity contribution in [2.75, 3.05) is 23.6 Å². The summed E-state index contributed by atoms with van der Waals surface area (Å²) in [6.07, 6.45) is 17.5. The van der Waals surface area contributed by atoms with E-state index in [2.05, 4.69) is 29.1 Å². The predicted molar refractivity (Wildman–Crippen MR) is 137 cm³/mol. The zero-order valence-electron chi connectivity index (χ0n) is 19.6. The topological polar surface area (TPSA) is 54.9 Å². The highest BCUT2D eigenvalue weighted by Crippen LogP contribution is 2.32. The Hall–Kier alpha value is -0.400. The van der Waals surface area contributed by atoms with Gasteiger partial charge in [0.15, 0.2) is 0 Å². The second-order valence-electron chi connectivity index (χ2n) is 7.63. The van der Waals surface area contributed by atoms with Crippen LogP contribution in [0.25, 0.3) is 0 Å². The van der Waals surface area contributed by atoms with Crippen LogP contribution in [0.2, 0.25) is 0 Å². The summed E-state index contributed by atoms with van der Waals surface area (Å²) in [7, 11) is 0. The minimum Gasteiger partial charge on any atom is -0.321 e. The highest BCUT2D eigenvalue weighted by molar-refractivity contribution is 8.00. The predicted octanol–water partition coefficient (Wildman–Crippen LogP) is 7.60. The van der Waals surface area contributed by atoms with Crippen molar-refractivity contribution < 1.29 is 4.79 Å². The molecule has 0 fully saturated rings. The number of carbonyl (C=O) groups is 1. The van der Waals surface area contributed by atoms with E-state index in [4.69, 9.17) is 0 Å². The molecule has 1 heterocycles. The lowest BCUT2D eigenvalue weighted by atomic mass is 10.1. The average molecular weight is 472 g/mol. The van der Waals surface area contributed by atoms with E-state index in [0.717, 1.165) is 40.2 Å². The van der Waals surface area contributed by atoms with Gasteiger partial charge in [-0.2, -0.15) is 0 Å². The quantitative estimate of drug-likeness (QED) is 0.143. The van der Waals surface area contributed by atoms with Gasteiger partial charge in [-0.1, -0.05) is 71.6 Å². The molecule has 1 N–H and O–H groups in total. The number of aryl methyl sites for hydroxylation is 1. The lowest BCUT2D eigenvalue weighted by Gasteiger charge is -2.19. The van der Waals surface area contributed by atoms with Gasteiger partial charge in [-0.3, -0.25) is 4.79 Å². The lowest BCUT2D eigenvalue weighted by Crippen LogP contribution is -2.26. The van der Waals surface area contributed by atoms with Gasteiger partial charge >= 0.3 is 0 Å². The van der Waals surface area contributed by atoms with E-state index in [1.165, 1.54) is 57.8 Å². The number of unbranched alkanes of at least 4 members (excludes halogenated alkanes) is 8. The van der Waals surface area contributed by atoms with Gasteiger partial charge in [-0.05, 0) is 38.0 Å². The molecule has 0 unspecified atom stereocenters. The Morgan fingerprint density at radius 3 is 1.97 bits per heavy atom. The molecule has 1 amide bonds. The van der Waals surface area contributed by atoms with Gasteiger partial charge in [0, 0.05) is 0 Å². The SMILES string of the molecule is CCCCCCCC[C@H](SCCCCCC)C(=O)Nc1c(SC)nc(C)nc1SC. The van der Waals surface area contributed by atoms with Gasteiger partial charge in [0.2, 0.25) is 5.91 Å². The summed E-state index contributed by atoms with van der Waals surface area (Å²) in [5.41, 5.74) is 0.783. The standard InChI is InChI=1S/C23H41N3OS3/c1-6-8-10-12-13-14-16-19(30-17-15-11-9-7-2)21(27)26-20-22(28-4)24-18(3)25-23(20)29-5/h19H,6-17H2,1-5H3,(H,26,27)/t19-/m0/s1. The van der Waals surface area contributed by atoms with Gasteiger partial charge in [-0.15, -0.1) is 35.3 Å². The normalized spacial score (nSPS) is 12.2. The number of anilines is 1. The van der Waals surface area contributed by atoms with Crippen LogP contribution in [0.15, 0.2) is 10.1 Å². The first-order valence-electron chi connectivity index (χ1n) is 11.5. The number of hydrogen-bond donors (Lipinski definition) is 1. The Morgan fingerprint density at radius 2 is 1.40 bits per heavy atom. The van der Waals surface area contributed by atoms with Crippen LogP contribution in [0.1, 0.15) is 90.3 Å². The molecule has 1 aromatic rings. The molecule has 0 aliphatic rings. The molecule has 0 radical (unpaired) electrons. The maximum absolute atomic E-state index is 13.2. The third kappa shape index (κ3) is 10.8. The fourth-order valence-electron chi connectivity index (χ4n) is 3.28. The van der Waals surface area contributed by atoms with E-state index in [9.17, 15) is 4.79 Å². The van der Waals surface area contributed by atoms with Crippen molar-refractivity contribution in [3.63, 3.8) is 0 Å². The van der Waals surface area contributed by atoms with E-state index in [-0.39, 0.29) is 11.2 Å². The molecule has 0 bridgehead atoms. The minimum absolute atomic E-state index is 0.00326. The summed E-state index contributed by atoms with van der Waals surface area (Å²) in [5.74, 6) is 1.92. The van der Waals surface area contributed by atoms with E-state index in [1.54, 1.807) is 23.5 Å². The largest absolute Gasteiger partial charge is 0.321 e. The fourth-order valence-corrected chi connectivity index (χ4v) is 5.70. The molecule has 1 atom stereocenters. The Bertz CT molecular complexity index is 588. The second-order valence-corrected chi connectivity index (χ2v) is 10.5. The molecule has 172 valence electrons. The first kappa shape index (κ1) is 27.6. The summed E-state index contributed by atoms with van der Waals surface area (Å²) in [6.45, 7) is 6.38. The highest BCUT2D eigenvalue weighted by Gasteiger charge is 2.22. The Morgan fingerprint density at radius 1 is 0.867 bits per heavy atom. The van der Waals surface area contributed by atoms with E-state index in [0.29, 0.717) is 0 Å². The van der Waals surface area contributed by atoms with Crippen LogP contribution < -0.4 is 5.32 Å². The maximum Gasteiger partial charge on any atom is 0.237 e. The molecule has 0 aliphatic heterocycles. The number of thioether (sulfide) groups is 3. The average Bonchev–Trinajstić information content (AvgIpc) is 2.75. The summed E-state index contributed by atoms with van der Waals surface area (Å²) in [6, 6.07) is 0. The summed E-state index contributed by atoms with van der Waals surface area (Å²) in [5, 5.41) is 4.90. The molecule has 0 spiro atoms. The molecule has 1 rings (SSSR count). The first-order valence-corrected chi connectivity index (χ1v) is 15.0. The van der Waals surface area contributed by atoms with Crippen LogP contribution >= 0.6 is 35.3 Å². The maximum atomic E-state index is 13.2. The molecular formula is C23H41N3OS3. The van der Waals surface area contributed by atoms with E-state index >= 15 is 0 Å². The number of hydrogen-bond acceptors (Lipinski definition) is 6. The number of amides is 1. The van der Waals surface area contributed by atoms with Crippen LogP contribution in [0, 0.1) is 6.92 Å². The van der Waals surface area contributed by atoms with Gasteiger partial charge in [0.25, 0.3) is 0 Å². The summed E-state index contributed by atoms with van der Waals surface area (Å²) < 4.78 is 0. The second kappa shape index (κ2) is 17.2. The third-order valence-corrected chi connectivity index (χ3v) is 7.76. The van der Waals surface area contributed by atoms with Gasteiger partial charge in [-0.25, -0.2) is 9.97 Å². The summed E-state index contributed by atoms with van der Waals surface area (Å²) >= 11 is 4.96. The first-order chi connectivity index (χ1) is 14.6. The summed E-state index contributed by atoms with van der Waals surface area (Å²) in [4.78, 5) is 22.3. The van der Waals surface area contributed by atoms with Crippen molar-refractivity contribution in [3.05, 3.63) is 5.82 Å². The number of nitrogens with one attached hydrogen (secondary N) is 1. The Kier molecular flexibility index (Phi) is 15.8. The molecule has 0 aromatic carbocycles. The highest BCUT2D eigenvalue weighted by atomic mass is 32.2. The van der Waals surface area contributed by atoms with Crippen LogP contribution in [0.3, 0.4) is 0 Å². The van der Waals surface area contributed by atoms with E-state index < -0.39 is 0 Å². The molecule has 1 aromatic heterocycles. The fraction of sp³-hybridized carbons (Fsp3) is 0.783. The Labute approximate surface area is 197 Å². The monoisotopic (exact) mass is 471 g/mol. The number of rotatable bonds is 17. The molecule has 0 saturated carbocycles. The molecule has 0 saturated heterocycles. The minimum atomic E-state index is 0.00326. The number of nitrogens with zero attached hydrogens (tertiary/aromatic N) is 2. The smallest absolute Gasteiger partial charge is 0.237 e. The van der Waals surface area contributed by atoms with Crippen molar-refractivity contribution in [2.24, 2.45) is 0 Å². The van der Waals surface area contributed by atoms with Crippen molar-refractivity contribution in [3.8, 4) is 0 Å². The van der Waals surface area contributed by atoms with Crippen LogP contribution in [-0.4, -0.2) is 39.4 Å². The van der Waals surface area contributed by atoms with E-state index in [1.807, 2.05) is 31.2 Å². The molecule has 0 aliphatic carbocycles. The van der Waals surface area contributed by atoms with Crippen LogP contribution in [-0.2, 0) is 4.79 Å². The zero-order valence-corrected chi connectivity index (χ0v) is 22.0. The van der Waals surface area contributed by atoms with Crippen molar-refractivity contribution in [1.29, 1.82) is 0 Å². The van der Waals surface area contributed by atoms with Gasteiger partial charge in [0.1, 0.15) is 21.6 Å². The third-order valence-electron chi connectivity index (χ3n) is 5.02. The molecular weight excluding hydrogens is 430 g/mol. The zero-order chi connectivity index (χ0) is 22.2. The van der Waals surface area contributed by atoms with Crippen molar-refractivity contribution in [1.82, 2.24) is 9.97 Å². The molecule has 30 heavy (non-hydrogen) atoms. The van der Waals surface area contributed by atoms with Crippen LogP contribution in [0.4, 0.5) is 5.69 Å².